The number of aromatic carboxylic acids is 1. The van der Waals surface area contributed by atoms with E-state index >= 15 is 0 Å². The van der Waals surface area contributed by atoms with Crippen molar-refractivity contribution in [2.24, 2.45) is 0 Å². The number of nitrogen functional groups attached to an aromatic ring is 1. The molecule has 6 nitrogen and oxygen atoms in total. The van der Waals surface area contributed by atoms with Crippen molar-refractivity contribution in [1.29, 1.82) is 0 Å². The van der Waals surface area contributed by atoms with Crippen LogP contribution in [-0.2, 0) is 4.79 Å². The van der Waals surface area contributed by atoms with Gasteiger partial charge in [0.25, 0.3) is 5.91 Å². The highest BCUT2D eigenvalue weighted by Crippen LogP contribution is 2.27. The SMILES string of the molecule is CCNC(=O)C(C)Oc1c(N)cccc1C(=O)O. The maximum Gasteiger partial charge on any atom is 0.339 e. The van der Waals surface area contributed by atoms with Crippen molar-refractivity contribution >= 4 is 17.6 Å². The molecule has 1 aromatic carbocycles. The number of carboxylic acid groups (broad SMARTS) is 1. The van der Waals surface area contributed by atoms with E-state index in [2.05, 4.69) is 5.32 Å². The molecule has 1 atom stereocenters. The Labute approximate surface area is 105 Å². The third-order valence-electron chi connectivity index (χ3n) is 2.29. The van der Waals surface area contributed by atoms with Gasteiger partial charge in [-0.1, -0.05) is 6.07 Å². The second-order valence-electron chi connectivity index (χ2n) is 3.68. The van der Waals surface area contributed by atoms with Crippen molar-refractivity contribution < 1.29 is 19.4 Å². The second kappa shape index (κ2) is 5.90. The van der Waals surface area contributed by atoms with Gasteiger partial charge in [-0.25, -0.2) is 4.79 Å². The van der Waals surface area contributed by atoms with E-state index in [-0.39, 0.29) is 22.9 Å². The van der Waals surface area contributed by atoms with Crippen molar-refractivity contribution in [1.82, 2.24) is 5.32 Å². The molecule has 0 saturated heterocycles. The molecule has 6 heteroatoms. The van der Waals surface area contributed by atoms with Gasteiger partial charge in [0.15, 0.2) is 11.9 Å². The molecule has 0 spiro atoms. The zero-order valence-electron chi connectivity index (χ0n) is 10.3. The van der Waals surface area contributed by atoms with Crippen molar-refractivity contribution in [2.75, 3.05) is 12.3 Å². The molecule has 98 valence electrons. The Bertz CT molecular complexity index is 459. The molecule has 1 aromatic rings. The number of carboxylic acids is 1. The first-order chi connectivity index (χ1) is 8.47. The van der Waals surface area contributed by atoms with E-state index in [9.17, 15) is 9.59 Å². The van der Waals surface area contributed by atoms with E-state index in [0.717, 1.165) is 0 Å². The third kappa shape index (κ3) is 3.13. The number of ether oxygens (including phenoxy) is 1. The molecule has 0 aliphatic carbocycles. The quantitative estimate of drug-likeness (QED) is 0.675. The second-order valence-corrected chi connectivity index (χ2v) is 3.68. The van der Waals surface area contributed by atoms with Gasteiger partial charge in [-0.2, -0.15) is 0 Å². The molecule has 4 N–H and O–H groups in total. The highest BCUT2D eigenvalue weighted by molar-refractivity contribution is 5.93. The van der Waals surface area contributed by atoms with Gasteiger partial charge in [-0.05, 0) is 26.0 Å². The first-order valence-electron chi connectivity index (χ1n) is 5.53. The highest BCUT2D eigenvalue weighted by atomic mass is 16.5. The molecule has 1 rings (SSSR count). The zero-order chi connectivity index (χ0) is 13.7. The van der Waals surface area contributed by atoms with Crippen molar-refractivity contribution in [3.63, 3.8) is 0 Å². The lowest BCUT2D eigenvalue weighted by Crippen LogP contribution is -2.36. The third-order valence-corrected chi connectivity index (χ3v) is 2.29. The van der Waals surface area contributed by atoms with Crippen LogP contribution in [0.2, 0.25) is 0 Å². The normalized spacial score (nSPS) is 11.7. The van der Waals surface area contributed by atoms with Gasteiger partial charge < -0.3 is 20.9 Å². The summed E-state index contributed by atoms with van der Waals surface area (Å²) >= 11 is 0. The molecule has 0 radical (unpaired) electrons. The van der Waals surface area contributed by atoms with Gasteiger partial charge in [-0.3, -0.25) is 4.79 Å². The predicted octanol–water partition coefficient (Wildman–Crippen LogP) is 0.870. The smallest absolute Gasteiger partial charge is 0.339 e. The Balaban J connectivity index is 2.96. The number of likely N-dealkylation sites (N-methyl/N-ethyl adjacent to an activating group) is 1. The minimum absolute atomic E-state index is 0.0174. The van der Waals surface area contributed by atoms with Crippen LogP contribution < -0.4 is 15.8 Å². The number of para-hydroxylation sites is 1. The largest absolute Gasteiger partial charge is 0.478 e. The molecule has 0 heterocycles. The summed E-state index contributed by atoms with van der Waals surface area (Å²) in [5.74, 6) is -1.46. The summed E-state index contributed by atoms with van der Waals surface area (Å²) in [7, 11) is 0. The number of carbonyl (C=O) groups excluding carboxylic acids is 1. The summed E-state index contributed by atoms with van der Waals surface area (Å²) in [6.07, 6.45) is -0.812. The van der Waals surface area contributed by atoms with Crippen LogP contribution in [0.15, 0.2) is 18.2 Å². The fourth-order valence-corrected chi connectivity index (χ4v) is 1.40. The first kappa shape index (κ1) is 13.8. The summed E-state index contributed by atoms with van der Waals surface area (Å²) in [4.78, 5) is 22.5. The average Bonchev–Trinajstić information content (AvgIpc) is 2.31. The maximum absolute atomic E-state index is 11.5. The number of hydrogen-bond acceptors (Lipinski definition) is 4. The van der Waals surface area contributed by atoms with Crippen LogP contribution in [0.1, 0.15) is 24.2 Å². The van der Waals surface area contributed by atoms with E-state index < -0.39 is 12.1 Å². The Kier molecular flexibility index (Phi) is 4.53. The Hall–Kier alpha value is -2.24. The van der Waals surface area contributed by atoms with Gasteiger partial charge >= 0.3 is 5.97 Å². The molecule has 1 amide bonds. The van der Waals surface area contributed by atoms with Crippen LogP contribution in [-0.4, -0.2) is 29.6 Å². The van der Waals surface area contributed by atoms with Gasteiger partial charge in [-0.15, -0.1) is 0 Å². The van der Waals surface area contributed by atoms with E-state index in [1.807, 2.05) is 0 Å². The Morgan fingerprint density at radius 1 is 1.50 bits per heavy atom. The fourth-order valence-electron chi connectivity index (χ4n) is 1.40. The van der Waals surface area contributed by atoms with Crippen molar-refractivity contribution in [3.05, 3.63) is 23.8 Å². The average molecular weight is 252 g/mol. The molecule has 0 aliphatic heterocycles. The molecule has 1 unspecified atom stereocenters. The molecule has 0 aliphatic rings. The van der Waals surface area contributed by atoms with Crippen LogP contribution in [0, 0.1) is 0 Å². The van der Waals surface area contributed by atoms with Crippen LogP contribution in [0.3, 0.4) is 0 Å². The van der Waals surface area contributed by atoms with Crippen LogP contribution in [0.4, 0.5) is 5.69 Å². The van der Waals surface area contributed by atoms with E-state index in [4.69, 9.17) is 15.6 Å². The monoisotopic (exact) mass is 252 g/mol. The Morgan fingerprint density at radius 3 is 2.72 bits per heavy atom. The van der Waals surface area contributed by atoms with Gasteiger partial charge in [0, 0.05) is 6.54 Å². The number of rotatable bonds is 5. The zero-order valence-corrected chi connectivity index (χ0v) is 10.3. The molecular formula is C12H16N2O4. The fraction of sp³-hybridized carbons (Fsp3) is 0.333. The maximum atomic E-state index is 11.5. The van der Waals surface area contributed by atoms with Crippen LogP contribution in [0.25, 0.3) is 0 Å². The molecule has 0 fully saturated rings. The lowest BCUT2D eigenvalue weighted by Gasteiger charge is -2.17. The number of carbonyl (C=O) groups is 2. The van der Waals surface area contributed by atoms with E-state index in [1.165, 1.54) is 25.1 Å². The minimum atomic E-state index is -1.15. The summed E-state index contributed by atoms with van der Waals surface area (Å²) < 4.78 is 5.33. The molecule has 0 aromatic heterocycles. The van der Waals surface area contributed by atoms with Crippen molar-refractivity contribution in [2.45, 2.75) is 20.0 Å². The number of nitrogens with one attached hydrogen (secondary N) is 1. The molecule has 0 bridgehead atoms. The number of nitrogens with two attached hydrogens (primary N) is 1. The molecular weight excluding hydrogens is 236 g/mol. The van der Waals surface area contributed by atoms with Gasteiger partial charge in [0.1, 0.15) is 5.56 Å². The lowest BCUT2D eigenvalue weighted by atomic mass is 10.1. The number of hydrogen-bond donors (Lipinski definition) is 3. The number of benzene rings is 1. The number of anilines is 1. The van der Waals surface area contributed by atoms with Gasteiger partial charge in [0.05, 0.1) is 5.69 Å². The van der Waals surface area contributed by atoms with Crippen LogP contribution in [0.5, 0.6) is 5.75 Å². The minimum Gasteiger partial charge on any atom is -0.478 e. The Morgan fingerprint density at radius 2 is 2.17 bits per heavy atom. The topological polar surface area (TPSA) is 102 Å². The van der Waals surface area contributed by atoms with Crippen molar-refractivity contribution in [3.8, 4) is 5.75 Å². The predicted molar refractivity (Wildman–Crippen MR) is 66.6 cm³/mol. The molecule has 0 saturated carbocycles. The highest BCUT2D eigenvalue weighted by Gasteiger charge is 2.20. The number of amides is 1. The summed E-state index contributed by atoms with van der Waals surface area (Å²) in [5.41, 5.74) is 5.78. The van der Waals surface area contributed by atoms with E-state index in [1.54, 1.807) is 6.92 Å². The molecule has 18 heavy (non-hydrogen) atoms. The first-order valence-corrected chi connectivity index (χ1v) is 5.53. The summed E-state index contributed by atoms with van der Waals surface area (Å²) in [6, 6.07) is 4.41. The summed E-state index contributed by atoms with van der Waals surface area (Å²) in [5, 5.41) is 11.6. The van der Waals surface area contributed by atoms with Crippen LogP contribution >= 0.6 is 0 Å². The lowest BCUT2D eigenvalue weighted by molar-refractivity contribution is -0.127. The summed E-state index contributed by atoms with van der Waals surface area (Å²) in [6.45, 7) is 3.79. The van der Waals surface area contributed by atoms with Gasteiger partial charge in [0.2, 0.25) is 0 Å². The standard InChI is InChI=1S/C12H16N2O4/c1-3-14-11(15)7(2)18-10-8(12(16)17)5-4-6-9(10)13/h4-7H,3,13H2,1-2H3,(H,14,15)(H,16,17). The van der Waals surface area contributed by atoms with E-state index in [0.29, 0.717) is 6.54 Å².